The lowest BCUT2D eigenvalue weighted by molar-refractivity contribution is 0.0697. The van der Waals surface area contributed by atoms with E-state index >= 15 is 0 Å². The minimum absolute atomic E-state index is 0.316. The number of carboxylic acid groups (broad SMARTS) is 1. The molecule has 0 aliphatic rings. The maximum atomic E-state index is 10.9. The van der Waals surface area contributed by atoms with Gasteiger partial charge < -0.3 is 10.4 Å². The number of rotatable bonds is 5. The average Bonchev–Trinajstić information content (AvgIpc) is 2.46. The Hall–Kier alpha value is -1.81. The SMILES string of the molecule is CCc1cc(Br)ccc1NCc1cccc(C(=O)O)c1. The van der Waals surface area contributed by atoms with Crippen LogP contribution in [0.15, 0.2) is 46.9 Å². The molecule has 0 unspecified atom stereocenters. The number of hydrogen-bond donors (Lipinski definition) is 2. The van der Waals surface area contributed by atoms with E-state index < -0.39 is 5.97 Å². The number of halogens is 1. The first-order valence-electron chi connectivity index (χ1n) is 6.44. The molecule has 0 saturated carbocycles. The van der Waals surface area contributed by atoms with Gasteiger partial charge in [0, 0.05) is 16.7 Å². The molecule has 0 amide bonds. The Bertz CT molecular complexity index is 626. The lowest BCUT2D eigenvalue weighted by atomic mass is 10.1. The van der Waals surface area contributed by atoms with E-state index in [4.69, 9.17) is 5.11 Å². The summed E-state index contributed by atoms with van der Waals surface area (Å²) in [6.45, 7) is 2.72. The van der Waals surface area contributed by atoms with Crippen molar-refractivity contribution in [2.45, 2.75) is 19.9 Å². The van der Waals surface area contributed by atoms with E-state index in [0.29, 0.717) is 12.1 Å². The molecule has 0 spiro atoms. The quantitative estimate of drug-likeness (QED) is 0.856. The molecule has 0 aromatic heterocycles. The Morgan fingerprint density at radius 2 is 2.05 bits per heavy atom. The molecule has 0 aliphatic heterocycles. The van der Waals surface area contributed by atoms with Crippen LogP contribution in [-0.2, 0) is 13.0 Å². The number of carbonyl (C=O) groups is 1. The third-order valence-corrected chi connectivity index (χ3v) is 3.60. The fourth-order valence-corrected chi connectivity index (χ4v) is 2.45. The molecular formula is C16H16BrNO2. The molecule has 0 fully saturated rings. The van der Waals surface area contributed by atoms with E-state index in [2.05, 4.69) is 34.2 Å². The number of benzene rings is 2. The normalized spacial score (nSPS) is 10.3. The minimum atomic E-state index is -0.898. The molecule has 0 radical (unpaired) electrons. The highest BCUT2D eigenvalue weighted by atomic mass is 79.9. The van der Waals surface area contributed by atoms with Gasteiger partial charge in [0.25, 0.3) is 0 Å². The second-order valence-corrected chi connectivity index (χ2v) is 5.43. The molecule has 0 bridgehead atoms. The Morgan fingerprint density at radius 1 is 1.25 bits per heavy atom. The van der Waals surface area contributed by atoms with Crippen LogP contribution in [0.5, 0.6) is 0 Å². The first kappa shape index (κ1) is 14.6. The molecule has 104 valence electrons. The zero-order valence-corrected chi connectivity index (χ0v) is 12.8. The van der Waals surface area contributed by atoms with Crippen LogP contribution < -0.4 is 5.32 Å². The minimum Gasteiger partial charge on any atom is -0.478 e. The number of nitrogens with one attached hydrogen (secondary N) is 1. The standard InChI is InChI=1S/C16H16BrNO2/c1-2-12-9-14(17)6-7-15(12)18-10-11-4-3-5-13(8-11)16(19)20/h3-9,18H,2,10H2,1H3,(H,19,20). The van der Waals surface area contributed by atoms with Crippen LogP contribution in [0.1, 0.15) is 28.4 Å². The van der Waals surface area contributed by atoms with Crippen LogP contribution in [-0.4, -0.2) is 11.1 Å². The largest absolute Gasteiger partial charge is 0.478 e. The van der Waals surface area contributed by atoms with E-state index in [1.807, 2.05) is 18.2 Å². The van der Waals surface area contributed by atoms with Gasteiger partial charge in [0.1, 0.15) is 0 Å². The summed E-state index contributed by atoms with van der Waals surface area (Å²) in [7, 11) is 0. The molecule has 20 heavy (non-hydrogen) atoms. The monoisotopic (exact) mass is 333 g/mol. The highest BCUT2D eigenvalue weighted by Crippen LogP contribution is 2.22. The van der Waals surface area contributed by atoms with Crippen molar-refractivity contribution in [3.8, 4) is 0 Å². The number of anilines is 1. The molecule has 0 heterocycles. The van der Waals surface area contributed by atoms with Crippen molar-refractivity contribution in [3.63, 3.8) is 0 Å². The number of hydrogen-bond acceptors (Lipinski definition) is 2. The molecule has 4 heteroatoms. The summed E-state index contributed by atoms with van der Waals surface area (Å²) in [6, 6.07) is 13.1. The summed E-state index contributed by atoms with van der Waals surface area (Å²) in [5.41, 5.74) is 3.58. The van der Waals surface area contributed by atoms with Gasteiger partial charge in [-0.3, -0.25) is 0 Å². The van der Waals surface area contributed by atoms with Crippen LogP contribution in [0.25, 0.3) is 0 Å². The maximum absolute atomic E-state index is 10.9. The van der Waals surface area contributed by atoms with E-state index in [-0.39, 0.29) is 0 Å². The fraction of sp³-hybridized carbons (Fsp3) is 0.188. The van der Waals surface area contributed by atoms with Gasteiger partial charge in [-0.1, -0.05) is 35.0 Å². The van der Waals surface area contributed by atoms with Crippen molar-refractivity contribution in [1.29, 1.82) is 0 Å². The zero-order valence-electron chi connectivity index (χ0n) is 11.2. The van der Waals surface area contributed by atoms with E-state index in [1.165, 1.54) is 5.56 Å². The Morgan fingerprint density at radius 3 is 2.75 bits per heavy atom. The summed E-state index contributed by atoms with van der Waals surface area (Å²) < 4.78 is 1.06. The van der Waals surface area contributed by atoms with Crippen molar-refractivity contribution < 1.29 is 9.90 Å². The number of aryl methyl sites for hydroxylation is 1. The highest BCUT2D eigenvalue weighted by molar-refractivity contribution is 9.10. The van der Waals surface area contributed by atoms with Crippen molar-refractivity contribution >= 4 is 27.6 Å². The van der Waals surface area contributed by atoms with Crippen LogP contribution >= 0.6 is 15.9 Å². The lowest BCUT2D eigenvalue weighted by Crippen LogP contribution is -2.04. The molecule has 0 saturated heterocycles. The number of aromatic carboxylic acids is 1. The molecule has 2 N–H and O–H groups in total. The number of carboxylic acids is 1. The second-order valence-electron chi connectivity index (χ2n) is 4.51. The summed E-state index contributed by atoms with van der Waals surface area (Å²) in [5, 5.41) is 12.3. The van der Waals surface area contributed by atoms with Crippen LogP contribution in [0.4, 0.5) is 5.69 Å². The Labute approximate surface area is 126 Å². The van der Waals surface area contributed by atoms with Gasteiger partial charge in [0.2, 0.25) is 0 Å². The smallest absolute Gasteiger partial charge is 0.335 e. The van der Waals surface area contributed by atoms with Gasteiger partial charge in [0.15, 0.2) is 0 Å². The Kier molecular flexibility index (Phi) is 4.79. The van der Waals surface area contributed by atoms with Crippen molar-refractivity contribution in [2.75, 3.05) is 5.32 Å². The van der Waals surface area contributed by atoms with Gasteiger partial charge in [-0.05, 0) is 47.9 Å². The third-order valence-electron chi connectivity index (χ3n) is 3.11. The zero-order chi connectivity index (χ0) is 14.5. The van der Waals surface area contributed by atoms with Gasteiger partial charge in [-0.2, -0.15) is 0 Å². The molecule has 2 aromatic carbocycles. The summed E-state index contributed by atoms with van der Waals surface area (Å²) in [6.07, 6.45) is 0.941. The second kappa shape index (κ2) is 6.57. The first-order valence-corrected chi connectivity index (χ1v) is 7.24. The van der Waals surface area contributed by atoms with Crippen LogP contribution in [0.3, 0.4) is 0 Å². The van der Waals surface area contributed by atoms with Crippen LogP contribution in [0.2, 0.25) is 0 Å². The van der Waals surface area contributed by atoms with E-state index in [9.17, 15) is 4.79 Å². The van der Waals surface area contributed by atoms with Crippen molar-refractivity contribution in [2.24, 2.45) is 0 Å². The lowest BCUT2D eigenvalue weighted by Gasteiger charge is -2.12. The fourth-order valence-electron chi connectivity index (χ4n) is 2.04. The van der Waals surface area contributed by atoms with E-state index in [0.717, 1.165) is 22.1 Å². The molecule has 0 atom stereocenters. The molecule has 0 aliphatic carbocycles. The predicted octanol–water partition coefficient (Wildman–Crippen LogP) is 4.32. The topological polar surface area (TPSA) is 49.3 Å². The van der Waals surface area contributed by atoms with Gasteiger partial charge in [0.05, 0.1) is 5.56 Å². The van der Waals surface area contributed by atoms with E-state index in [1.54, 1.807) is 18.2 Å². The molecule has 2 aromatic rings. The Balaban J connectivity index is 2.12. The maximum Gasteiger partial charge on any atom is 0.335 e. The highest BCUT2D eigenvalue weighted by Gasteiger charge is 2.04. The molecule has 3 nitrogen and oxygen atoms in total. The summed E-state index contributed by atoms with van der Waals surface area (Å²) in [4.78, 5) is 10.9. The predicted molar refractivity (Wildman–Crippen MR) is 84.2 cm³/mol. The average molecular weight is 334 g/mol. The van der Waals surface area contributed by atoms with Gasteiger partial charge >= 0.3 is 5.97 Å². The first-order chi connectivity index (χ1) is 9.60. The summed E-state index contributed by atoms with van der Waals surface area (Å²) >= 11 is 3.47. The van der Waals surface area contributed by atoms with Gasteiger partial charge in [-0.25, -0.2) is 4.79 Å². The van der Waals surface area contributed by atoms with Crippen LogP contribution in [0, 0.1) is 0 Å². The summed E-state index contributed by atoms with van der Waals surface area (Å²) in [5.74, 6) is -0.898. The molecular weight excluding hydrogens is 318 g/mol. The van der Waals surface area contributed by atoms with Crippen molar-refractivity contribution in [3.05, 3.63) is 63.6 Å². The third kappa shape index (κ3) is 3.61. The van der Waals surface area contributed by atoms with Gasteiger partial charge in [-0.15, -0.1) is 0 Å². The molecule has 2 rings (SSSR count). The van der Waals surface area contributed by atoms with Crippen molar-refractivity contribution in [1.82, 2.24) is 0 Å².